The smallest absolute Gasteiger partial charge is 0.280 e. The number of benzene rings is 1. The van der Waals surface area contributed by atoms with E-state index in [4.69, 9.17) is 0 Å². The number of nitrogens with one attached hydrogen (secondary N) is 1. The van der Waals surface area contributed by atoms with Crippen molar-refractivity contribution in [2.45, 2.75) is 13.0 Å². The molecule has 0 saturated heterocycles. The first kappa shape index (κ1) is 14.1. The molecule has 1 atom stereocenters. The molecule has 0 spiro atoms. The third kappa shape index (κ3) is 2.17. The Morgan fingerprint density at radius 2 is 1.96 bits per heavy atom. The van der Waals surface area contributed by atoms with E-state index in [-0.39, 0.29) is 11.9 Å². The lowest BCUT2D eigenvalue weighted by atomic mass is 10.0. The van der Waals surface area contributed by atoms with Crippen molar-refractivity contribution >= 4 is 27.5 Å². The summed E-state index contributed by atoms with van der Waals surface area (Å²) in [6, 6.07) is 13.2. The fourth-order valence-corrected chi connectivity index (χ4v) is 3.25. The Morgan fingerprint density at radius 1 is 1.17 bits per heavy atom. The van der Waals surface area contributed by atoms with Gasteiger partial charge in [-0.3, -0.25) is 19.8 Å². The van der Waals surface area contributed by atoms with Crippen LogP contribution >= 0.6 is 15.9 Å². The predicted octanol–water partition coefficient (Wildman–Crippen LogP) is 3.63. The Kier molecular flexibility index (Phi) is 3.27. The van der Waals surface area contributed by atoms with Crippen molar-refractivity contribution < 1.29 is 4.79 Å². The molecule has 0 unspecified atom stereocenters. The highest BCUT2D eigenvalue weighted by Gasteiger charge is 2.42. The number of amides is 1. The van der Waals surface area contributed by atoms with Gasteiger partial charge in [0.05, 0.1) is 5.69 Å². The molecule has 2 aromatic heterocycles. The summed E-state index contributed by atoms with van der Waals surface area (Å²) < 4.78 is 0.969. The SMILES string of the molecule is Cc1[nH]nc2c1[C@@H](c1ccccn1)N(c1ccc(Br)cc1)C2=O. The molecule has 1 aliphatic heterocycles. The van der Waals surface area contributed by atoms with E-state index >= 15 is 0 Å². The minimum atomic E-state index is -0.265. The molecule has 6 heteroatoms. The molecule has 0 aliphatic carbocycles. The second-order valence-electron chi connectivity index (χ2n) is 5.42. The van der Waals surface area contributed by atoms with E-state index in [1.807, 2.05) is 49.4 Å². The highest BCUT2D eigenvalue weighted by atomic mass is 79.9. The van der Waals surface area contributed by atoms with Crippen molar-refractivity contribution in [3.8, 4) is 0 Å². The van der Waals surface area contributed by atoms with Gasteiger partial charge in [0.1, 0.15) is 6.04 Å². The summed E-state index contributed by atoms with van der Waals surface area (Å²) in [7, 11) is 0. The Morgan fingerprint density at radius 3 is 2.65 bits per heavy atom. The molecule has 114 valence electrons. The Bertz CT molecular complexity index is 873. The molecule has 23 heavy (non-hydrogen) atoms. The lowest BCUT2D eigenvalue weighted by Crippen LogP contribution is -2.29. The number of rotatable bonds is 2. The first-order valence-corrected chi connectivity index (χ1v) is 8.01. The maximum absolute atomic E-state index is 12.9. The predicted molar refractivity (Wildman–Crippen MR) is 90.4 cm³/mol. The van der Waals surface area contributed by atoms with Crippen LogP contribution in [0.5, 0.6) is 0 Å². The minimum absolute atomic E-state index is 0.109. The van der Waals surface area contributed by atoms with Crippen LogP contribution in [0, 0.1) is 6.92 Å². The van der Waals surface area contributed by atoms with Gasteiger partial charge in [0.15, 0.2) is 5.69 Å². The van der Waals surface area contributed by atoms with Gasteiger partial charge >= 0.3 is 0 Å². The average molecular weight is 369 g/mol. The Balaban J connectivity index is 1.91. The van der Waals surface area contributed by atoms with E-state index in [0.29, 0.717) is 5.69 Å². The lowest BCUT2D eigenvalue weighted by molar-refractivity contribution is 0.0988. The normalized spacial score (nSPS) is 16.7. The second-order valence-corrected chi connectivity index (χ2v) is 6.34. The Hall–Kier alpha value is -2.47. The molecule has 3 aromatic rings. The number of aryl methyl sites for hydroxylation is 1. The monoisotopic (exact) mass is 368 g/mol. The third-order valence-electron chi connectivity index (χ3n) is 4.02. The van der Waals surface area contributed by atoms with Crippen LogP contribution in [0.2, 0.25) is 0 Å². The van der Waals surface area contributed by atoms with Crippen molar-refractivity contribution in [3.05, 3.63) is 75.8 Å². The minimum Gasteiger partial charge on any atom is -0.294 e. The molecule has 0 saturated carbocycles. The average Bonchev–Trinajstić information content (AvgIpc) is 3.08. The van der Waals surface area contributed by atoms with Crippen molar-refractivity contribution in [1.29, 1.82) is 0 Å². The Labute approximate surface area is 141 Å². The largest absolute Gasteiger partial charge is 0.294 e. The summed E-state index contributed by atoms with van der Waals surface area (Å²) in [4.78, 5) is 19.1. The molecule has 4 rings (SSSR count). The highest BCUT2D eigenvalue weighted by molar-refractivity contribution is 9.10. The van der Waals surface area contributed by atoms with Crippen LogP contribution in [0.3, 0.4) is 0 Å². The van der Waals surface area contributed by atoms with Crippen LogP contribution in [0.1, 0.15) is 33.5 Å². The standard InChI is InChI=1S/C17H13BrN4O/c1-10-14-15(21-20-10)17(23)22(12-7-5-11(18)6-8-12)16(14)13-4-2-3-9-19-13/h2-9,16H,1H3,(H,20,21)/t16-/m1/s1. The van der Waals surface area contributed by atoms with Gasteiger partial charge in [-0.05, 0) is 43.3 Å². The molecule has 1 aliphatic rings. The summed E-state index contributed by atoms with van der Waals surface area (Å²) in [5.74, 6) is -0.109. The number of H-pyrrole nitrogens is 1. The van der Waals surface area contributed by atoms with Crippen LogP contribution in [-0.4, -0.2) is 21.1 Å². The summed E-state index contributed by atoms with van der Waals surface area (Å²) in [5, 5.41) is 7.11. The van der Waals surface area contributed by atoms with E-state index in [1.54, 1.807) is 11.1 Å². The molecule has 1 amide bonds. The number of halogens is 1. The van der Waals surface area contributed by atoms with Gasteiger partial charge in [0.25, 0.3) is 5.91 Å². The number of carbonyl (C=O) groups excluding carboxylic acids is 1. The number of hydrogen-bond donors (Lipinski definition) is 1. The molecule has 1 N–H and O–H groups in total. The quantitative estimate of drug-likeness (QED) is 0.751. The fraction of sp³-hybridized carbons (Fsp3) is 0.118. The molecular formula is C17H13BrN4O. The number of carbonyl (C=O) groups is 1. The van der Waals surface area contributed by atoms with Crippen molar-refractivity contribution in [2.75, 3.05) is 4.90 Å². The van der Waals surface area contributed by atoms with Gasteiger partial charge in [-0.2, -0.15) is 5.10 Å². The molecule has 3 heterocycles. The number of hydrogen-bond acceptors (Lipinski definition) is 3. The summed E-state index contributed by atoms with van der Waals surface area (Å²) >= 11 is 3.43. The fourth-order valence-electron chi connectivity index (χ4n) is 2.98. The summed E-state index contributed by atoms with van der Waals surface area (Å²) in [6.07, 6.45) is 1.74. The van der Waals surface area contributed by atoms with Crippen molar-refractivity contribution in [2.24, 2.45) is 0 Å². The van der Waals surface area contributed by atoms with Crippen LogP contribution in [0.15, 0.2) is 53.1 Å². The van der Waals surface area contributed by atoms with Crippen LogP contribution in [0.4, 0.5) is 5.69 Å². The zero-order valence-electron chi connectivity index (χ0n) is 12.3. The van der Waals surface area contributed by atoms with E-state index < -0.39 is 0 Å². The summed E-state index contributed by atoms with van der Waals surface area (Å²) in [5.41, 5.74) is 3.92. The van der Waals surface area contributed by atoms with Crippen LogP contribution < -0.4 is 4.90 Å². The highest BCUT2D eigenvalue weighted by Crippen LogP contribution is 2.41. The van der Waals surface area contributed by atoms with Gasteiger partial charge in [0, 0.05) is 27.6 Å². The van der Waals surface area contributed by atoms with Gasteiger partial charge in [-0.15, -0.1) is 0 Å². The first-order chi connectivity index (χ1) is 11.2. The number of anilines is 1. The zero-order valence-corrected chi connectivity index (χ0v) is 13.9. The number of nitrogens with zero attached hydrogens (tertiary/aromatic N) is 3. The number of pyridine rings is 1. The van der Waals surface area contributed by atoms with Gasteiger partial charge in [-0.1, -0.05) is 22.0 Å². The van der Waals surface area contributed by atoms with Gasteiger partial charge in [0.2, 0.25) is 0 Å². The zero-order chi connectivity index (χ0) is 16.0. The van der Waals surface area contributed by atoms with Crippen LogP contribution in [0.25, 0.3) is 0 Å². The van der Waals surface area contributed by atoms with E-state index in [1.165, 1.54) is 0 Å². The molecule has 1 aromatic carbocycles. The second kappa shape index (κ2) is 5.31. The molecular weight excluding hydrogens is 356 g/mol. The number of fused-ring (bicyclic) bond motifs is 1. The topological polar surface area (TPSA) is 61.9 Å². The van der Waals surface area contributed by atoms with E-state index in [9.17, 15) is 4.79 Å². The molecule has 0 bridgehead atoms. The van der Waals surface area contributed by atoms with E-state index in [2.05, 4.69) is 31.1 Å². The van der Waals surface area contributed by atoms with Crippen molar-refractivity contribution in [1.82, 2.24) is 15.2 Å². The maximum atomic E-state index is 12.9. The molecule has 0 radical (unpaired) electrons. The number of aromatic nitrogens is 3. The molecule has 5 nitrogen and oxygen atoms in total. The van der Waals surface area contributed by atoms with Gasteiger partial charge in [-0.25, -0.2) is 0 Å². The van der Waals surface area contributed by atoms with Gasteiger partial charge < -0.3 is 0 Å². The van der Waals surface area contributed by atoms with E-state index in [0.717, 1.165) is 27.1 Å². The van der Waals surface area contributed by atoms with Crippen LogP contribution in [-0.2, 0) is 0 Å². The summed E-state index contributed by atoms with van der Waals surface area (Å²) in [6.45, 7) is 1.93. The third-order valence-corrected chi connectivity index (χ3v) is 4.55. The van der Waals surface area contributed by atoms with Crippen molar-refractivity contribution in [3.63, 3.8) is 0 Å². The lowest BCUT2D eigenvalue weighted by Gasteiger charge is -2.25. The number of aromatic amines is 1. The first-order valence-electron chi connectivity index (χ1n) is 7.21. The molecule has 0 fully saturated rings. The maximum Gasteiger partial charge on any atom is 0.280 e.